The fourth-order valence-electron chi connectivity index (χ4n) is 4.70. The molecule has 6 nitrogen and oxygen atoms in total. The minimum absolute atomic E-state index is 0.0535. The zero-order chi connectivity index (χ0) is 21.3. The molecular formula is C24H27NO5. The molecule has 1 aromatic carbocycles. The fraction of sp³-hybridized carbons (Fsp3) is 0.458. The molecule has 1 atom stereocenters. The molecule has 1 saturated carbocycles. The summed E-state index contributed by atoms with van der Waals surface area (Å²) in [4.78, 5) is 37.3. The van der Waals surface area contributed by atoms with Crippen LogP contribution in [0.2, 0.25) is 0 Å². The predicted molar refractivity (Wildman–Crippen MR) is 111 cm³/mol. The molecule has 0 unspecified atom stereocenters. The van der Waals surface area contributed by atoms with Crippen molar-refractivity contribution in [1.29, 1.82) is 0 Å². The summed E-state index contributed by atoms with van der Waals surface area (Å²) >= 11 is 0. The van der Waals surface area contributed by atoms with Crippen LogP contribution < -0.4 is 10.1 Å². The third kappa shape index (κ3) is 4.04. The number of Topliss-reactive ketones (excluding diaryl/α,β-unsaturated/α-hetero) is 1. The van der Waals surface area contributed by atoms with E-state index < -0.39 is 11.9 Å². The Hall–Kier alpha value is -2.89. The van der Waals surface area contributed by atoms with Gasteiger partial charge in [-0.15, -0.1) is 0 Å². The van der Waals surface area contributed by atoms with Crippen LogP contribution in [0.3, 0.4) is 0 Å². The van der Waals surface area contributed by atoms with E-state index in [-0.39, 0.29) is 17.9 Å². The summed E-state index contributed by atoms with van der Waals surface area (Å²) in [6.07, 6.45) is 5.93. The van der Waals surface area contributed by atoms with Crippen molar-refractivity contribution in [2.24, 2.45) is 0 Å². The lowest BCUT2D eigenvalue weighted by molar-refractivity contribution is -0.144. The molecule has 0 bridgehead atoms. The second-order valence-electron chi connectivity index (χ2n) is 8.24. The predicted octanol–water partition coefficient (Wildman–Crippen LogP) is 4.07. The van der Waals surface area contributed by atoms with Crippen LogP contribution in [-0.2, 0) is 19.1 Å². The van der Waals surface area contributed by atoms with Crippen LogP contribution in [0.25, 0.3) is 0 Å². The van der Waals surface area contributed by atoms with Crippen LogP contribution in [0, 0.1) is 0 Å². The van der Waals surface area contributed by atoms with E-state index in [2.05, 4.69) is 5.32 Å². The van der Waals surface area contributed by atoms with Gasteiger partial charge in [-0.1, -0.05) is 12.1 Å². The van der Waals surface area contributed by atoms with Gasteiger partial charge in [-0.05, 0) is 63.1 Å². The van der Waals surface area contributed by atoms with E-state index in [4.69, 9.17) is 9.47 Å². The Balaban J connectivity index is 1.72. The lowest BCUT2D eigenvalue weighted by Gasteiger charge is -2.34. The number of benzene rings is 1. The molecule has 1 N–H and O–H groups in total. The first-order valence-corrected chi connectivity index (χ1v) is 10.7. The van der Waals surface area contributed by atoms with Crippen LogP contribution in [0.5, 0.6) is 5.75 Å². The van der Waals surface area contributed by atoms with E-state index in [0.717, 1.165) is 55.5 Å². The maximum absolute atomic E-state index is 13.2. The molecule has 4 rings (SSSR count). The molecule has 158 valence electrons. The first-order chi connectivity index (χ1) is 14.4. The summed E-state index contributed by atoms with van der Waals surface area (Å²) in [5, 5.41) is 3.31. The van der Waals surface area contributed by atoms with Gasteiger partial charge in [-0.25, -0.2) is 4.79 Å². The molecule has 1 fully saturated rings. The van der Waals surface area contributed by atoms with Gasteiger partial charge in [0.1, 0.15) is 11.9 Å². The summed E-state index contributed by atoms with van der Waals surface area (Å²) in [6.45, 7) is 3.22. The molecule has 3 aliphatic rings. The minimum atomic E-state index is -0.477. The second-order valence-corrected chi connectivity index (χ2v) is 8.24. The summed E-state index contributed by atoms with van der Waals surface area (Å²) in [6, 6.07) is 7.02. The number of rotatable bonds is 4. The molecule has 1 heterocycles. The maximum Gasteiger partial charge on any atom is 0.337 e. The number of ketones is 1. The summed E-state index contributed by atoms with van der Waals surface area (Å²) in [5.41, 5.74) is 3.60. The molecule has 0 saturated heterocycles. The zero-order valence-electron chi connectivity index (χ0n) is 17.5. The monoisotopic (exact) mass is 409 g/mol. The van der Waals surface area contributed by atoms with Crippen LogP contribution >= 0.6 is 0 Å². The first-order valence-electron chi connectivity index (χ1n) is 10.7. The Bertz CT molecular complexity index is 935. The minimum Gasteiger partial charge on any atom is -0.459 e. The van der Waals surface area contributed by atoms with Gasteiger partial charge in [0.15, 0.2) is 5.78 Å². The van der Waals surface area contributed by atoms with Crippen LogP contribution in [0.4, 0.5) is 0 Å². The molecule has 0 aromatic heterocycles. The lowest BCUT2D eigenvalue weighted by atomic mass is 9.75. The molecule has 30 heavy (non-hydrogen) atoms. The Morgan fingerprint density at radius 1 is 1.03 bits per heavy atom. The molecule has 0 radical (unpaired) electrons. The van der Waals surface area contributed by atoms with Crippen molar-refractivity contribution in [3.63, 3.8) is 0 Å². The number of dihydropyridines is 1. The highest BCUT2D eigenvalue weighted by Gasteiger charge is 2.39. The molecule has 1 aromatic rings. The summed E-state index contributed by atoms with van der Waals surface area (Å²) in [7, 11) is 0. The average Bonchev–Trinajstić information content (AvgIpc) is 3.20. The smallest absolute Gasteiger partial charge is 0.337 e. The highest BCUT2D eigenvalue weighted by molar-refractivity contribution is 6.03. The van der Waals surface area contributed by atoms with E-state index in [0.29, 0.717) is 23.3 Å². The number of ether oxygens (including phenoxy) is 2. The number of nitrogens with one attached hydrogen (secondary N) is 1. The van der Waals surface area contributed by atoms with Gasteiger partial charge < -0.3 is 14.8 Å². The molecule has 1 aliphatic heterocycles. The van der Waals surface area contributed by atoms with Gasteiger partial charge in [0.05, 0.1) is 5.57 Å². The number of hydrogen-bond acceptors (Lipinski definition) is 6. The van der Waals surface area contributed by atoms with E-state index in [1.54, 1.807) is 12.1 Å². The van der Waals surface area contributed by atoms with Crippen molar-refractivity contribution < 1.29 is 23.9 Å². The molecule has 2 aliphatic carbocycles. The van der Waals surface area contributed by atoms with Gasteiger partial charge in [0, 0.05) is 36.2 Å². The van der Waals surface area contributed by atoms with Gasteiger partial charge in [0.25, 0.3) is 0 Å². The SMILES string of the molecule is CC(=O)Oc1ccc([C@H]2C(C(=O)OC3CCCC3)=C(C)NC3=C2C(=O)CCC3)cc1. The van der Waals surface area contributed by atoms with Gasteiger partial charge in [-0.3, -0.25) is 9.59 Å². The number of esters is 2. The van der Waals surface area contributed by atoms with Gasteiger partial charge in [0.2, 0.25) is 0 Å². The molecule has 0 spiro atoms. The molecular weight excluding hydrogens is 382 g/mol. The highest BCUT2D eigenvalue weighted by Crippen LogP contribution is 2.43. The number of carbonyl (C=O) groups is 3. The highest BCUT2D eigenvalue weighted by atomic mass is 16.5. The maximum atomic E-state index is 13.2. The van der Waals surface area contributed by atoms with Gasteiger partial charge in [-0.2, -0.15) is 0 Å². The first kappa shape index (κ1) is 20.4. The third-order valence-electron chi connectivity index (χ3n) is 6.05. The Labute approximate surface area is 176 Å². The van der Waals surface area contributed by atoms with E-state index >= 15 is 0 Å². The lowest BCUT2D eigenvalue weighted by Crippen LogP contribution is -2.35. The van der Waals surface area contributed by atoms with Crippen molar-refractivity contribution in [2.75, 3.05) is 0 Å². The normalized spacial score (nSPS) is 21.9. The van der Waals surface area contributed by atoms with Crippen molar-refractivity contribution >= 4 is 17.7 Å². The van der Waals surface area contributed by atoms with Crippen LogP contribution in [-0.4, -0.2) is 23.8 Å². The summed E-state index contributed by atoms with van der Waals surface area (Å²) in [5.74, 6) is -0.731. The Morgan fingerprint density at radius 3 is 2.40 bits per heavy atom. The van der Waals surface area contributed by atoms with Crippen molar-refractivity contribution in [3.05, 3.63) is 52.4 Å². The Kier molecular flexibility index (Phi) is 5.75. The van der Waals surface area contributed by atoms with E-state index in [1.807, 2.05) is 19.1 Å². The quantitative estimate of drug-likeness (QED) is 0.596. The van der Waals surface area contributed by atoms with E-state index in [9.17, 15) is 14.4 Å². The second kappa shape index (κ2) is 8.46. The standard InChI is InChI=1S/C24H27NO5/c1-14-21(24(28)30-17-6-3-4-7-17)22(23-19(25-14)8-5-9-20(23)27)16-10-12-18(13-11-16)29-15(2)26/h10-13,17,22,25H,3-9H2,1-2H3/t22-/m0/s1. The largest absolute Gasteiger partial charge is 0.459 e. The van der Waals surface area contributed by atoms with Crippen LogP contribution in [0.15, 0.2) is 46.8 Å². The van der Waals surface area contributed by atoms with Gasteiger partial charge >= 0.3 is 11.9 Å². The fourth-order valence-corrected chi connectivity index (χ4v) is 4.70. The average molecular weight is 409 g/mol. The molecule has 6 heteroatoms. The van der Waals surface area contributed by atoms with Crippen molar-refractivity contribution in [1.82, 2.24) is 5.32 Å². The number of carbonyl (C=O) groups excluding carboxylic acids is 3. The third-order valence-corrected chi connectivity index (χ3v) is 6.05. The summed E-state index contributed by atoms with van der Waals surface area (Å²) < 4.78 is 11.0. The number of allylic oxidation sites excluding steroid dienone is 3. The van der Waals surface area contributed by atoms with Crippen molar-refractivity contribution in [2.45, 2.75) is 70.8 Å². The van der Waals surface area contributed by atoms with E-state index in [1.165, 1.54) is 6.92 Å². The topological polar surface area (TPSA) is 81.7 Å². The number of hydrogen-bond donors (Lipinski definition) is 1. The molecule has 0 amide bonds. The van der Waals surface area contributed by atoms with Crippen molar-refractivity contribution in [3.8, 4) is 5.75 Å². The van der Waals surface area contributed by atoms with Crippen LogP contribution in [0.1, 0.15) is 70.3 Å². The zero-order valence-corrected chi connectivity index (χ0v) is 17.5. The Morgan fingerprint density at radius 2 is 1.73 bits per heavy atom.